The molecule has 2 aromatic carbocycles. The molecule has 20 heavy (non-hydrogen) atoms. The Morgan fingerprint density at radius 2 is 1.75 bits per heavy atom. The zero-order valence-electron chi connectivity index (χ0n) is 10.9. The molecule has 0 atom stereocenters. The van der Waals surface area contributed by atoms with Crippen molar-refractivity contribution in [1.82, 2.24) is 4.57 Å². The number of aromatic nitrogens is 1. The van der Waals surface area contributed by atoms with Gasteiger partial charge in [-0.1, -0.05) is 18.2 Å². The first kappa shape index (κ1) is 12.3. The maximum Gasteiger partial charge on any atom is 0.254 e. The predicted octanol–water partition coefficient (Wildman–Crippen LogP) is 3.04. The van der Waals surface area contributed by atoms with Gasteiger partial charge in [0.1, 0.15) is 17.2 Å². The van der Waals surface area contributed by atoms with E-state index in [0.29, 0.717) is 16.7 Å². The summed E-state index contributed by atoms with van der Waals surface area (Å²) >= 11 is 0. The Labute approximate surface area is 115 Å². The van der Waals surface area contributed by atoms with Crippen LogP contribution in [0.4, 0.5) is 0 Å². The Hall–Kier alpha value is -2.75. The van der Waals surface area contributed by atoms with Gasteiger partial charge in [0.25, 0.3) is 5.56 Å². The molecule has 4 nitrogen and oxygen atoms in total. The summed E-state index contributed by atoms with van der Waals surface area (Å²) in [5.74, 6) is 1.32. The molecule has 100 valence electrons. The van der Waals surface area contributed by atoms with Gasteiger partial charge >= 0.3 is 0 Å². The van der Waals surface area contributed by atoms with Crippen molar-refractivity contribution in [3.63, 3.8) is 0 Å². The third-order valence-electron chi connectivity index (χ3n) is 3.18. The van der Waals surface area contributed by atoms with Crippen LogP contribution in [0.3, 0.4) is 0 Å². The fourth-order valence-electron chi connectivity index (χ4n) is 2.10. The number of aryl methyl sites for hydroxylation is 1. The van der Waals surface area contributed by atoms with Crippen molar-refractivity contribution in [1.29, 1.82) is 0 Å². The number of aromatic hydroxyl groups is 1. The number of para-hydroxylation sites is 1. The average molecular weight is 267 g/mol. The normalized spacial score (nSPS) is 10.7. The molecule has 0 aliphatic heterocycles. The molecule has 0 spiro atoms. The Morgan fingerprint density at radius 1 is 1.00 bits per heavy atom. The average Bonchev–Trinajstić information content (AvgIpc) is 2.46. The number of rotatable bonds is 2. The maximum atomic E-state index is 11.7. The first-order chi connectivity index (χ1) is 9.65. The smallest absolute Gasteiger partial charge is 0.254 e. The largest absolute Gasteiger partial charge is 0.507 e. The summed E-state index contributed by atoms with van der Waals surface area (Å²) in [6.45, 7) is 0. The summed E-state index contributed by atoms with van der Waals surface area (Å²) < 4.78 is 7.20. The number of benzene rings is 2. The van der Waals surface area contributed by atoms with Crippen LogP contribution in [0.2, 0.25) is 0 Å². The standard InChI is InChI=1S/C16H13NO3/c1-17-14-9-12(20-11-5-3-2-4-6-11)7-8-13(14)15(18)10-16(17)19/h2-10,18H,1H3. The van der Waals surface area contributed by atoms with E-state index in [-0.39, 0.29) is 11.3 Å². The van der Waals surface area contributed by atoms with Crippen LogP contribution in [-0.2, 0) is 7.05 Å². The molecular formula is C16H13NO3. The molecule has 1 heterocycles. The lowest BCUT2D eigenvalue weighted by Crippen LogP contribution is -2.15. The summed E-state index contributed by atoms with van der Waals surface area (Å²) in [4.78, 5) is 11.7. The number of ether oxygens (including phenoxy) is 1. The van der Waals surface area contributed by atoms with E-state index in [1.807, 2.05) is 30.3 Å². The summed E-state index contributed by atoms with van der Waals surface area (Å²) in [5.41, 5.74) is 0.371. The lowest BCUT2D eigenvalue weighted by atomic mass is 10.2. The Bertz CT molecular complexity index is 822. The SMILES string of the molecule is Cn1c(=O)cc(O)c2ccc(Oc3ccccc3)cc21. The van der Waals surface area contributed by atoms with Crippen LogP contribution < -0.4 is 10.3 Å². The van der Waals surface area contributed by atoms with Crippen molar-refractivity contribution >= 4 is 10.9 Å². The van der Waals surface area contributed by atoms with Crippen molar-refractivity contribution < 1.29 is 9.84 Å². The quantitative estimate of drug-likeness (QED) is 0.776. The van der Waals surface area contributed by atoms with Crippen LogP contribution in [-0.4, -0.2) is 9.67 Å². The summed E-state index contributed by atoms with van der Waals surface area (Å²) in [5, 5.41) is 10.4. The number of hydrogen-bond acceptors (Lipinski definition) is 3. The molecule has 0 aliphatic carbocycles. The fourth-order valence-corrected chi connectivity index (χ4v) is 2.10. The molecule has 0 bridgehead atoms. The number of fused-ring (bicyclic) bond motifs is 1. The Morgan fingerprint density at radius 3 is 2.50 bits per heavy atom. The highest BCUT2D eigenvalue weighted by molar-refractivity contribution is 5.86. The second-order valence-electron chi connectivity index (χ2n) is 4.52. The highest BCUT2D eigenvalue weighted by Gasteiger charge is 2.07. The van der Waals surface area contributed by atoms with Crippen molar-refractivity contribution in [2.24, 2.45) is 7.05 Å². The Kier molecular flexibility index (Phi) is 2.91. The summed E-state index contributed by atoms with van der Waals surface area (Å²) in [7, 11) is 1.66. The minimum atomic E-state index is -0.258. The van der Waals surface area contributed by atoms with Gasteiger partial charge in [0.15, 0.2) is 0 Å². The van der Waals surface area contributed by atoms with Gasteiger partial charge in [-0.25, -0.2) is 0 Å². The van der Waals surface area contributed by atoms with Crippen LogP contribution in [0.1, 0.15) is 0 Å². The number of hydrogen-bond donors (Lipinski definition) is 1. The zero-order valence-corrected chi connectivity index (χ0v) is 10.9. The molecule has 3 aromatic rings. The molecule has 0 fully saturated rings. The molecule has 0 saturated heterocycles. The van der Waals surface area contributed by atoms with Gasteiger partial charge in [-0.05, 0) is 24.3 Å². The molecule has 3 rings (SSSR count). The molecule has 1 N–H and O–H groups in total. The molecular weight excluding hydrogens is 254 g/mol. The van der Waals surface area contributed by atoms with Gasteiger partial charge in [-0.3, -0.25) is 4.79 Å². The number of nitrogens with zero attached hydrogens (tertiary/aromatic N) is 1. The first-order valence-corrected chi connectivity index (χ1v) is 6.21. The molecule has 1 aromatic heterocycles. The van der Waals surface area contributed by atoms with E-state index >= 15 is 0 Å². The van der Waals surface area contributed by atoms with Crippen LogP contribution in [0, 0.1) is 0 Å². The van der Waals surface area contributed by atoms with Gasteiger partial charge in [0.05, 0.1) is 5.52 Å². The van der Waals surface area contributed by atoms with Crippen LogP contribution in [0.15, 0.2) is 59.4 Å². The van der Waals surface area contributed by atoms with Gasteiger partial charge in [-0.2, -0.15) is 0 Å². The minimum absolute atomic E-state index is 0.0191. The molecule has 4 heteroatoms. The summed E-state index contributed by atoms with van der Waals surface area (Å²) in [6, 6.07) is 15.8. The predicted molar refractivity (Wildman–Crippen MR) is 77.4 cm³/mol. The van der Waals surface area contributed by atoms with E-state index in [4.69, 9.17) is 4.74 Å². The summed E-state index contributed by atoms with van der Waals surface area (Å²) in [6.07, 6.45) is 0. The van der Waals surface area contributed by atoms with Crippen molar-refractivity contribution in [2.45, 2.75) is 0 Å². The van der Waals surface area contributed by atoms with Gasteiger partial charge in [-0.15, -0.1) is 0 Å². The third-order valence-corrected chi connectivity index (χ3v) is 3.18. The van der Waals surface area contributed by atoms with E-state index < -0.39 is 0 Å². The Balaban J connectivity index is 2.11. The molecule has 0 unspecified atom stereocenters. The molecule has 0 saturated carbocycles. The van der Waals surface area contributed by atoms with E-state index in [1.54, 1.807) is 25.2 Å². The van der Waals surface area contributed by atoms with E-state index in [9.17, 15) is 9.90 Å². The van der Waals surface area contributed by atoms with Crippen molar-refractivity contribution in [2.75, 3.05) is 0 Å². The van der Waals surface area contributed by atoms with E-state index in [0.717, 1.165) is 5.75 Å². The second-order valence-corrected chi connectivity index (χ2v) is 4.52. The third kappa shape index (κ3) is 2.12. The molecule has 0 amide bonds. The monoisotopic (exact) mass is 267 g/mol. The lowest BCUT2D eigenvalue weighted by Gasteiger charge is -2.10. The van der Waals surface area contributed by atoms with Gasteiger partial charge in [0.2, 0.25) is 0 Å². The second kappa shape index (κ2) is 4.74. The number of pyridine rings is 1. The van der Waals surface area contributed by atoms with Crippen LogP contribution >= 0.6 is 0 Å². The molecule has 0 radical (unpaired) electrons. The van der Waals surface area contributed by atoms with Crippen molar-refractivity contribution in [3.8, 4) is 17.2 Å². The van der Waals surface area contributed by atoms with Crippen molar-refractivity contribution in [3.05, 3.63) is 65.0 Å². The van der Waals surface area contributed by atoms with Crippen LogP contribution in [0.5, 0.6) is 17.2 Å². The first-order valence-electron chi connectivity index (χ1n) is 6.21. The highest BCUT2D eigenvalue weighted by Crippen LogP contribution is 2.28. The van der Waals surface area contributed by atoms with Gasteiger partial charge < -0.3 is 14.4 Å². The lowest BCUT2D eigenvalue weighted by molar-refractivity contribution is 0.477. The zero-order chi connectivity index (χ0) is 14.1. The van der Waals surface area contributed by atoms with Gasteiger partial charge in [0, 0.05) is 24.6 Å². The fraction of sp³-hybridized carbons (Fsp3) is 0.0625. The van der Waals surface area contributed by atoms with E-state index in [2.05, 4.69) is 0 Å². The topological polar surface area (TPSA) is 51.5 Å². The molecule has 0 aliphatic rings. The van der Waals surface area contributed by atoms with E-state index in [1.165, 1.54) is 10.6 Å². The van der Waals surface area contributed by atoms with Crippen LogP contribution in [0.25, 0.3) is 10.9 Å². The minimum Gasteiger partial charge on any atom is -0.507 e. The highest BCUT2D eigenvalue weighted by atomic mass is 16.5. The maximum absolute atomic E-state index is 11.7.